The summed E-state index contributed by atoms with van der Waals surface area (Å²) < 4.78 is 0.971. The molecule has 1 nitrogen and oxygen atoms in total. The highest BCUT2D eigenvalue weighted by Gasteiger charge is 2.18. The van der Waals surface area contributed by atoms with Gasteiger partial charge in [0.2, 0.25) is 0 Å². The van der Waals surface area contributed by atoms with Gasteiger partial charge >= 0.3 is 0 Å². The SMILES string of the molecule is O=C(C[C@H](Sc1ccc(Cl)cc1)c1ccccc1)c1ccc(Br)cc1. The minimum atomic E-state index is 0.0542. The molecule has 0 N–H and O–H groups in total. The highest BCUT2D eigenvalue weighted by molar-refractivity contribution is 9.10. The van der Waals surface area contributed by atoms with Crippen LogP contribution in [0.4, 0.5) is 0 Å². The molecule has 0 saturated carbocycles. The molecular formula is C21H16BrClOS. The topological polar surface area (TPSA) is 17.1 Å². The van der Waals surface area contributed by atoms with E-state index in [0.29, 0.717) is 11.4 Å². The summed E-state index contributed by atoms with van der Waals surface area (Å²) in [7, 11) is 0. The predicted octanol–water partition coefficient (Wildman–Crippen LogP) is 7.21. The van der Waals surface area contributed by atoms with Crippen molar-refractivity contribution < 1.29 is 4.79 Å². The number of carbonyl (C=O) groups is 1. The number of hydrogen-bond acceptors (Lipinski definition) is 2. The molecule has 0 heterocycles. The molecule has 0 fully saturated rings. The fourth-order valence-electron chi connectivity index (χ4n) is 2.49. The lowest BCUT2D eigenvalue weighted by Gasteiger charge is -2.17. The maximum Gasteiger partial charge on any atom is 0.164 e. The van der Waals surface area contributed by atoms with Crippen LogP contribution in [0.15, 0.2) is 88.2 Å². The number of rotatable bonds is 6. The third-order valence-electron chi connectivity index (χ3n) is 3.80. The largest absolute Gasteiger partial charge is 0.294 e. The van der Waals surface area contributed by atoms with Gasteiger partial charge in [-0.1, -0.05) is 70.0 Å². The van der Waals surface area contributed by atoms with Gasteiger partial charge < -0.3 is 0 Å². The molecule has 4 heteroatoms. The molecule has 0 aliphatic rings. The van der Waals surface area contributed by atoms with Crippen LogP contribution >= 0.6 is 39.3 Å². The molecule has 3 aromatic rings. The zero-order valence-electron chi connectivity index (χ0n) is 13.4. The van der Waals surface area contributed by atoms with E-state index in [4.69, 9.17) is 11.6 Å². The predicted molar refractivity (Wildman–Crippen MR) is 110 cm³/mol. The number of benzene rings is 3. The van der Waals surface area contributed by atoms with E-state index in [1.165, 1.54) is 0 Å². The smallest absolute Gasteiger partial charge is 0.164 e. The molecule has 1 atom stereocenters. The lowest BCUT2D eigenvalue weighted by atomic mass is 10.0. The Bertz CT molecular complexity index is 832. The number of carbonyl (C=O) groups excluding carboxylic acids is 1. The third kappa shape index (κ3) is 5.21. The van der Waals surface area contributed by atoms with Crippen molar-refractivity contribution in [3.63, 3.8) is 0 Å². The van der Waals surface area contributed by atoms with Crippen LogP contribution in [0.1, 0.15) is 27.6 Å². The summed E-state index contributed by atoms with van der Waals surface area (Å²) in [5.74, 6) is 0.141. The van der Waals surface area contributed by atoms with E-state index in [1.54, 1.807) is 11.8 Å². The Morgan fingerprint density at radius 2 is 1.56 bits per heavy atom. The van der Waals surface area contributed by atoms with E-state index >= 15 is 0 Å². The molecule has 0 aromatic heterocycles. The van der Waals surface area contributed by atoms with Gasteiger partial charge in [0.1, 0.15) is 0 Å². The molecule has 0 saturated heterocycles. The summed E-state index contributed by atoms with van der Waals surface area (Å²) in [4.78, 5) is 13.8. The molecule has 0 spiro atoms. The highest BCUT2D eigenvalue weighted by atomic mass is 79.9. The van der Waals surface area contributed by atoms with Crippen molar-refractivity contribution in [2.24, 2.45) is 0 Å². The van der Waals surface area contributed by atoms with Crippen molar-refractivity contribution >= 4 is 45.1 Å². The van der Waals surface area contributed by atoms with Crippen molar-refractivity contribution in [1.29, 1.82) is 0 Å². The Morgan fingerprint density at radius 1 is 0.920 bits per heavy atom. The van der Waals surface area contributed by atoms with Crippen LogP contribution in [0.3, 0.4) is 0 Å². The average Bonchev–Trinajstić information content (AvgIpc) is 2.64. The summed E-state index contributed by atoms with van der Waals surface area (Å²) in [5, 5.41) is 0.769. The first-order chi connectivity index (χ1) is 12.1. The van der Waals surface area contributed by atoms with E-state index in [2.05, 4.69) is 28.1 Å². The number of Topliss-reactive ketones (excluding diaryl/α,β-unsaturated/α-hetero) is 1. The van der Waals surface area contributed by atoms with Crippen LogP contribution in [0, 0.1) is 0 Å². The van der Waals surface area contributed by atoms with E-state index in [-0.39, 0.29) is 11.0 Å². The first-order valence-electron chi connectivity index (χ1n) is 7.88. The van der Waals surface area contributed by atoms with Crippen molar-refractivity contribution in [3.05, 3.63) is 99.5 Å². The number of halogens is 2. The molecular weight excluding hydrogens is 416 g/mol. The second kappa shape index (κ2) is 8.70. The standard InChI is InChI=1S/C21H16BrClOS/c22-17-8-6-15(7-9-17)20(24)14-21(16-4-2-1-3-5-16)25-19-12-10-18(23)11-13-19/h1-13,21H,14H2/t21-/m0/s1. The Hall–Kier alpha value is -1.55. The molecule has 0 radical (unpaired) electrons. The number of thioether (sulfide) groups is 1. The average molecular weight is 432 g/mol. The fourth-order valence-corrected chi connectivity index (χ4v) is 4.03. The molecule has 0 amide bonds. The van der Waals surface area contributed by atoms with Crippen molar-refractivity contribution in [1.82, 2.24) is 0 Å². The summed E-state index contributed by atoms with van der Waals surface area (Å²) in [6.07, 6.45) is 0.443. The first-order valence-corrected chi connectivity index (χ1v) is 9.93. The van der Waals surface area contributed by atoms with Gasteiger partial charge in [0.15, 0.2) is 5.78 Å². The first kappa shape index (κ1) is 18.2. The summed E-state index contributed by atoms with van der Waals surface area (Å²) in [6.45, 7) is 0. The van der Waals surface area contributed by atoms with E-state index in [0.717, 1.165) is 20.5 Å². The Kier molecular flexibility index (Phi) is 6.35. The quantitative estimate of drug-likeness (QED) is 0.303. The molecule has 0 aliphatic heterocycles. The van der Waals surface area contributed by atoms with Gasteiger partial charge in [0.05, 0.1) is 0 Å². The fraction of sp³-hybridized carbons (Fsp3) is 0.0952. The van der Waals surface area contributed by atoms with Gasteiger partial charge in [-0.25, -0.2) is 0 Å². The number of hydrogen-bond donors (Lipinski definition) is 0. The molecule has 25 heavy (non-hydrogen) atoms. The van der Waals surface area contributed by atoms with Gasteiger partial charge in [0.25, 0.3) is 0 Å². The van der Waals surface area contributed by atoms with Crippen LogP contribution in [0.2, 0.25) is 5.02 Å². The maximum atomic E-state index is 12.7. The molecule has 0 unspecified atom stereocenters. The van der Waals surface area contributed by atoms with E-state index in [9.17, 15) is 4.79 Å². The third-order valence-corrected chi connectivity index (χ3v) is 5.85. The van der Waals surface area contributed by atoms with Crippen LogP contribution in [-0.4, -0.2) is 5.78 Å². The lowest BCUT2D eigenvalue weighted by Crippen LogP contribution is -2.05. The van der Waals surface area contributed by atoms with Gasteiger partial charge in [-0.05, 0) is 42.0 Å². The van der Waals surface area contributed by atoms with E-state index in [1.807, 2.05) is 66.7 Å². The van der Waals surface area contributed by atoms with Crippen LogP contribution in [0.5, 0.6) is 0 Å². The highest BCUT2D eigenvalue weighted by Crippen LogP contribution is 2.38. The van der Waals surface area contributed by atoms with Crippen molar-refractivity contribution in [3.8, 4) is 0 Å². The minimum Gasteiger partial charge on any atom is -0.294 e. The Labute approximate surface area is 165 Å². The second-order valence-corrected chi connectivity index (χ2v) is 8.23. The summed E-state index contributed by atoms with van der Waals surface area (Å²) in [6, 6.07) is 25.4. The lowest BCUT2D eigenvalue weighted by molar-refractivity contribution is 0.0982. The van der Waals surface area contributed by atoms with Crippen LogP contribution in [-0.2, 0) is 0 Å². The number of ketones is 1. The van der Waals surface area contributed by atoms with E-state index < -0.39 is 0 Å². The van der Waals surface area contributed by atoms with Crippen molar-refractivity contribution in [2.45, 2.75) is 16.6 Å². The maximum absolute atomic E-state index is 12.7. The molecule has 0 aliphatic carbocycles. The second-order valence-electron chi connectivity index (χ2n) is 5.61. The zero-order chi connectivity index (χ0) is 17.6. The normalized spacial score (nSPS) is 11.9. The molecule has 0 bridgehead atoms. The summed E-state index contributed by atoms with van der Waals surface area (Å²) >= 11 is 11.1. The van der Waals surface area contributed by atoms with Crippen molar-refractivity contribution in [2.75, 3.05) is 0 Å². The van der Waals surface area contributed by atoms with Gasteiger partial charge in [-0.15, -0.1) is 11.8 Å². The Balaban J connectivity index is 1.82. The van der Waals surface area contributed by atoms with Crippen LogP contribution < -0.4 is 0 Å². The molecule has 3 aromatic carbocycles. The summed E-state index contributed by atoms with van der Waals surface area (Å²) in [5.41, 5.74) is 1.88. The minimum absolute atomic E-state index is 0.0542. The van der Waals surface area contributed by atoms with Gasteiger partial charge in [0, 0.05) is 31.6 Å². The monoisotopic (exact) mass is 430 g/mol. The van der Waals surface area contributed by atoms with Gasteiger partial charge in [-0.2, -0.15) is 0 Å². The van der Waals surface area contributed by atoms with Gasteiger partial charge in [-0.3, -0.25) is 4.79 Å². The molecule has 3 rings (SSSR count). The van der Waals surface area contributed by atoms with Crippen LogP contribution in [0.25, 0.3) is 0 Å². The Morgan fingerprint density at radius 3 is 2.20 bits per heavy atom. The zero-order valence-corrected chi connectivity index (χ0v) is 16.5. The molecule has 126 valence electrons.